The number of aromatic nitrogens is 2. The third kappa shape index (κ3) is 5.68. The zero-order valence-electron chi connectivity index (χ0n) is 22.0. The van der Waals surface area contributed by atoms with Gasteiger partial charge in [-0.1, -0.05) is 68.8 Å². The minimum atomic E-state index is -0.306. The van der Waals surface area contributed by atoms with Crippen LogP contribution in [0.1, 0.15) is 37.6 Å². The first-order valence-corrected chi connectivity index (χ1v) is 12.8. The second kappa shape index (κ2) is 10.4. The molecule has 0 spiro atoms. The summed E-state index contributed by atoms with van der Waals surface area (Å²) >= 11 is 0. The monoisotopic (exact) mass is 497 g/mol. The van der Waals surface area contributed by atoms with Crippen LogP contribution in [0.4, 0.5) is 16.3 Å². The third-order valence-electron chi connectivity index (χ3n) is 6.76. The van der Waals surface area contributed by atoms with Crippen molar-refractivity contribution >= 4 is 28.3 Å². The number of aryl methyl sites for hydroxylation is 1. The average Bonchev–Trinajstić information content (AvgIpc) is 3.31. The van der Waals surface area contributed by atoms with E-state index in [9.17, 15) is 4.79 Å². The molecule has 0 aliphatic carbocycles. The average molecular weight is 498 g/mol. The van der Waals surface area contributed by atoms with Gasteiger partial charge >= 0.3 is 6.03 Å². The van der Waals surface area contributed by atoms with Gasteiger partial charge in [-0.25, -0.2) is 9.48 Å². The van der Waals surface area contributed by atoms with Crippen LogP contribution in [0, 0.1) is 6.92 Å². The van der Waals surface area contributed by atoms with Crippen LogP contribution in [0.25, 0.3) is 16.5 Å². The SMILES string of the molecule is Cc1ccc(-n2nc(C(C)(C)C)cc2NC(=O)Nc2ccc(CN3CCOCC3)c3ccccc23)cc1. The van der Waals surface area contributed by atoms with Gasteiger partial charge in [0.1, 0.15) is 5.82 Å². The number of morpholine rings is 1. The molecule has 1 fully saturated rings. The summed E-state index contributed by atoms with van der Waals surface area (Å²) in [7, 11) is 0. The maximum Gasteiger partial charge on any atom is 0.324 e. The number of nitrogens with zero attached hydrogens (tertiary/aromatic N) is 3. The molecule has 2 heterocycles. The topological polar surface area (TPSA) is 71.4 Å². The highest BCUT2D eigenvalue weighted by Crippen LogP contribution is 2.29. The number of fused-ring (bicyclic) bond motifs is 1. The molecule has 0 saturated carbocycles. The molecule has 2 amide bonds. The first-order valence-electron chi connectivity index (χ1n) is 12.8. The fourth-order valence-corrected chi connectivity index (χ4v) is 4.60. The second-order valence-corrected chi connectivity index (χ2v) is 10.7. The summed E-state index contributed by atoms with van der Waals surface area (Å²) in [6.07, 6.45) is 0. The second-order valence-electron chi connectivity index (χ2n) is 10.7. The molecule has 1 aromatic heterocycles. The van der Waals surface area contributed by atoms with Gasteiger partial charge in [-0.05, 0) is 36.1 Å². The lowest BCUT2D eigenvalue weighted by atomic mass is 9.92. The van der Waals surface area contributed by atoms with Gasteiger partial charge in [0, 0.05) is 36.5 Å². The summed E-state index contributed by atoms with van der Waals surface area (Å²) in [6, 6.07) is 22.1. The first kappa shape index (κ1) is 25.0. The van der Waals surface area contributed by atoms with Crippen LogP contribution in [0.5, 0.6) is 0 Å². The molecule has 7 nitrogen and oxygen atoms in total. The lowest BCUT2D eigenvalue weighted by Gasteiger charge is -2.27. The molecular formula is C30H35N5O2. The Hall–Kier alpha value is -3.68. The zero-order valence-corrected chi connectivity index (χ0v) is 22.0. The molecule has 0 atom stereocenters. The number of carbonyl (C=O) groups excluding carboxylic acids is 1. The van der Waals surface area contributed by atoms with Crippen LogP contribution in [0.15, 0.2) is 66.7 Å². The van der Waals surface area contributed by atoms with Crippen molar-refractivity contribution in [3.05, 3.63) is 83.6 Å². The van der Waals surface area contributed by atoms with Gasteiger partial charge in [-0.3, -0.25) is 10.2 Å². The molecule has 4 aromatic rings. The highest BCUT2D eigenvalue weighted by atomic mass is 16.5. The fraction of sp³-hybridized carbons (Fsp3) is 0.333. The summed E-state index contributed by atoms with van der Waals surface area (Å²) in [4.78, 5) is 15.6. The highest BCUT2D eigenvalue weighted by molar-refractivity contribution is 6.06. The molecule has 0 radical (unpaired) electrons. The van der Waals surface area contributed by atoms with Crippen molar-refractivity contribution in [1.29, 1.82) is 0 Å². The van der Waals surface area contributed by atoms with Crippen LogP contribution in [-0.4, -0.2) is 47.0 Å². The number of carbonyl (C=O) groups is 1. The van der Waals surface area contributed by atoms with Gasteiger partial charge < -0.3 is 10.1 Å². The number of anilines is 2. The number of nitrogens with one attached hydrogen (secondary N) is 2. The number of hydrogen-bond acceptors (Lipinski definition) is 4. The maximum atomic E-state index is 13.2. The van der Waals surface area contributed by atoms with Crippen LogP contribution < -0.4 is 10.6 Å². The lowest BCUT2D eigenvalue weighted by molar-refractivity contribution is 0.0344. The zero-order chi connectivity index (χ0) is 26.0. The molecular weight excluding hydrogens is 462 g/mol. The molecule has 37 heavy (non-hydrogen) atoms. The molecule has 0 unspecified atom stereocenters. The lowest BCUT2D eigenvalue weighted by Crippen LogP contribution is -2.35. The van der Waals surface area contributed by atoms with E-state index in [0.29, 0.717) is 5.82 Å². The standard InChI is InChI=1S/C30H35N5O2/c1-21-9-12-23(13-10-21)35-28(19-27(33-35)30(2,3)4)32-29(36)31-26-14-11-22(20-34-15-17-37-18-16-34)24-7-5-6-8-25(24)26/h5-14,19H,15-18,20H2,1-4H3,(H2,31,32,36). The van der Waals surface area contributed by atoms with E-state index in [0.717, 1.165) is 60.7 Å². The largest absolute Gasteiger partial charge is 0.379 e. The minimum Gasteiger partial charge on any atom is -0.379 e. The Bertz CT molecular complexity index is 1400. The number of urea groups is 1. The van der Waals surface area contributed by atoms with E-state index in [4.69, 9.17) is 9.84 Å². The van der Waals surface area contributed by atoms with Gasteiger partial charge in [-0.15, -0.1) is 0 Å². The summed E-state index contributed by atoms with van der Waals surface area (Å²) in [5.74, 6) is 0.625. The number of amides is 2. The molecule has 7 heteroatoms. The van der Waals surface area contributed by atoms with E-state index < -0.39 is 0 Å². The Morgan fingerprint density at radius 2 is 1.65 bits per heavy atom. The van der Waals surface area contributed by atoms with Crippen molar-refractivity contribution < 1.29 is 9.53 Å². The molecule has 0 bridgehead atoms. The Morgan fingerprint density at radius 1 is 0.946 bits per heavy atom. The van der Waals surface area contributed by atoms with Crippen molar-refractivity contribution in [3.63, 3.8) is 0 Å². The van der Waals surface area contributed by atoms with Gasteiger partial charge in [0.25, 0.3) is 0 Å². The summed E-state index contributed by atoms with van der Waals surface area (Å²) in [5.41, 5.74) is 4.83. The Kier molecular flexibility index (Phi) is 7.00. The van der Waals surface area contributed by atoms with Gasteiger partial charge in [0.05, 0.1) is 30.3 Å². The molecule has 3 aromatic carbocycles. The first-order chi connectivity index (χ1) is 17.8. The van der Waals surface area contributed by atoms with Gasteiger partial charge in [0.2, 0.25) is 0 Å². The van der Waals surface area contributed by atoms with Crippen molar-refractivity contribution in [1.82, 2.24) is 14.7 Å². The van der Waals surface area contributed by atoms with E-state index in [1.165, 1.54) is 11.1 Å². The molecule has 5 rings (SSSR count). The number of rotatable bonds is 5. The molecule has 2 N–H and O–H groups in total. The van der Waals surface area contributed by atoms with Crippen LogP contribution >= 0.6 is 0 Å². The Labute approximate surface area is 218 Å². The van der Waals surface area contributed by atoms with Crippen molar-refractivity contribution in [3.8, 4) is 5.69 Å². The van der Waals surface area contributed by atoms with Crippen molar-refractivity contribution in [2.24, 2.45) is 0 Å². The quantitative estimate of drug-likeness (QED) is 0.349. The van der Waals surface area contributed by atoms with E-state index in [2.05, 4.69) is 61.4 Å². The predicted molar refractivity (Wildman–Crippen MR) is 150 cm³/mol. The van der Waals surface area contributed by atoms with E-state index >= 15 is 0 Å². The van der Waals surface area contributed by atoms with Gasteiger partial charge in [0.15, 0.2) is 0 Å². The summed E-state index contributed by atoms with van der Waals surface area (Å²) in [6.45, 7) is 12.7. The molecule has 1 saturated heterocycles. The van der Waals surface area contributed by atoms with E-state index in [1.807, 2.05) is 48.5 Å². The predicted octanol–water partition coefficient (Wildman–Crippen LogP) is 6.11. The number of ether oxygens (including phenoxy) is 1. The number of hydrogen-bond donors (Lipinski definition) is 2. The van der Waals surface area contributed by atoms with E-state index in [1.54, 1.807) is 4.68 Å². The van der Waals surface area contributed by atoms with Gasteiger partial charge in [-0.2, -0.15) is 5.10 Å². The molecule has 1 aliphatic rings. The Morgan fingerprint density at radius 3 is 2.35 bits per heavy atom. The fourth-order valence-electron chi connectivity index (χ4n) is 4.60. The number of benzene rings is 3. The summed E-state index contributed by atoms with van der Waals surface area (Å²) < 4.78 is 7.29. The normalized spacial score (nSPS) is 14.6. The molecule has 1 aliphatic heterocycles. The van der Waals surface area contributed by atoms with E-state index in [-0.39, 0.29) is 11.4 Å². The smallest absolute Gasteiger partial charge is 0.324 e. The summed E-state index contributed by atoms with van der Waals surface area (Å²) in [5, 5.41) is 13.1. The molecule has 192 valence electrons. The third-order valence-corrected chi connectivity index (χ3v) is 6.76. The van der Waals surface area contributed by atoms with Crippen molar-refractivity contribution in [2.45, 2.75) is 39.7 Å². The highest BCUT2D eigenvalue weighted by Gasteiger charge is 2.22. The van der Waals surface area contributed by atoms with Crippen molar-refractivity contribution in [2.75, 3.05) is 36.9 Å². The van der Waals surface area contributed by atoms with Crippen LogP contribution in [0.2, 0.25) is 0 Å². The van der Waals surface area contributed by atoms with Crippen LogP contribution in [-0.2, 0) is 16.7 Å². The Balaban J connectivity index is 1.40. The minimum absolute atomic E-state index is 0.157. The maximum absolute atomic E-state index is 13.2. The van der Waals surface area contributed by atoms with Crippen LogP contribution in [0.3, 0.4) is 0 Å².